The zero-order chi connectivity index (χ0) is 26.8. The van der Waals surface area contributed by atoms with E-state index in [1.807, 2.05) is 9.62 Å². The molecule has 202 valence electrons. The molecule has 1 aliphatic carbocycles. The molecule has 0 spiro atoms. The largest absolute Gasteiger partial charge is 0.375 e. The van der Waals surface area contributed by atoms with E-state index in [0.29, 0.717) is 25.9 Å². The van der Waals surface area contributed by atoms with Gasteiger partial charge >= 0.3 is 0 Å². The molecule has 2 aliphatic heterocycles. The molecule has 1 saturated carbocycles. The monoisotopic (exact) mass is 566 g/mol. The Bertz CT molecular complexity index is 1330. The molecule has 5 rings (SSSR count). The van der Waals surface area contributed by atoms with Gasteiger partial charge in [-0.2, -0.15) is 4.39 Å². The lowest BCUT2D eigenvalue weighted by Crippen LogP contribution is -2.51. The topological polar surface area (TPSA) is 74.8 Å². The molecule has 3 fully saturated rings. The number of rotatable bonds is 7. The molecule has 0 amide bonds. The Morgan fingerprint density at radius 1 is 1.27 bits per heavy atom. The molecule has 3 aliphatic rings. The van der Waals surface area contributed by atoms with Crippen molar-refractivity contribution in [3.8, 4) is 0 Å². The van der Waals surface area contributed by atoms with Crippen molar-refractivity contribution < 1.29 is 35.1 Å². The van der Waals surface area contributed by atoms with Crippen LogP contribution in [0, 0.1) is 23.5 Å². The van der Waals surface area contributed by atoms with Crippen LogP contribution < -0.4 is 9.62 Å². The summed E-state index contributed by atoms with van der Waals surface area (Å²) in [6.07, 6.45) is 0.673. The van der Waals surface area contributed by atoms with Crippen LogP contribution >= 0.6 is 11.6 Å². The number of piperidine rings is 1. The number of alkyl halides is 2. The number of fused-ring (bicyclic) bond motifs is 2. The fraction of sp³-hybridized carbons (Fsp3) is 0.522. The highest BCUT2D eigenvalue weighted by Gasteiger charge is 2.57. The fourth-order valence-corrected chi connectivity index (χ4v) is 7.12. The Kier molecular flexibility index (Phi) is 6.57. The van der Waals surface area contributed by atoms with Gasteiger partial charge in [0, 0.05) is 57.7 Å². The van der Waals surface area contributed by atoms with E-state index in [-0.39, 0.29) is 31.2 Å². The van der Waals surface area contributed by atoms with Crippen molar-refractivity contribution in [3.63, 3.8) is 0 Å². The molecule has 2 unspecified atom stereocenters. The van der Waals surface area contributed by atoms with Crippen molar-refractivity contribution >= 4 is 33.1 Å². The van der Waals surface area contributed by atoms with Crippen LogP contribution in [0.5, 0.6) is 0 Å². The van der Waals surface area contributed by atoms with Crippen LogP contribution in [-0.2, 0) is 14.8 Å². The molecular formula is C23H24ClF5N4O3S. The average molecular weight is 567 g/mol. The number of hydrogen-bond acceptors (Lipinski definition) is 6. The van der Waals surface area contributed by atoms with E-state index < -0.39 is 60.8 Å². The normalized spacial score (nSPS) is 27.3. The highest BCUT2D eigenvalue weighted by molar-refractivity contribution is 7.92. The molecule has 7 nitrogen and oxygen atoms in total. The van der Waals surface area contributed by atoms with Gasteiger partial charge in [0.15, 0.2) is 10.7 Å². The van der Waals surface area contributed by atoms with E-state index in [0.717, 1.165) is 18.2 Å². The molecular weight excluding hydrogens is 543 g/mol. The summed E-state index contributed by atoms with van der Waals surface area (Å²) in [6, 6.07) is 3.85. The van der Waals surface area contributed by atoms with E-state index >= 15 is 8.78 Å². The van der Waals surface area contributed by atoms with Gasteiger partial charge < -0.3 is 9.64 Å². The average Bonchev–Trinajstić information content (AvgIpc) is 3.48. The smallest absolute Gasteiger partial charge is 0.268 e. The van der Waals surface area contributed by atoms with E-state index in [9.17, 15) is 21.6 Å². The van der Waals surface area contributed by atoms with Crippen LogP contribution in [0.2, 0.25) is 5.02 Å². The number of anilines is 2. The molecule has 1 aromatic carbocycles. The second-order valence-electron chi connectivity index (χ2n) is 9.83. The molecule has 1 aromatic heterocycles. The first-order valence-electron chi connectivity index (χ1n) is 11.6. The van der Waals surface area contributed by atoms with Crippen molar-refractivity contribution in [2.45, 2.75) is 41.7 Å². The fourth-order valence-electron chi connectivity index (χ4n) is 5.65. The lowest BCUT2D eigenvalue weighted by Gasteiger charge is -2.38. The maximum Gasteiger partial charge on any atom is 0.268 e. The van der Waals surface area contributed by atoms with Crippen molar-refractivity contribution in [1.29, 1.82) is 0 Å². The summed E-state index contributed by atoms with van der Waals surface area (Å²) in [5, 5.41) is -0.610. The first kappa shape index (κ1) is 26.4. The third-order valence-electron chi connectivity index (χ3n) is 7.53. The lowest BCUT2D eigenvalue weighted by molar-refractivity contribution is -0.0853. The minimum atomic E-state index is -4.84. The second kappa shape index (κ2) is 9.21. The third-order valence-corrected chi connectivity index (χ3v) is 9.28. The standard InChI is InChI=1S/C23H24ClF5N4O3S/c1-36-22(12-33-10-13-7-14(33)9-23(13,28)29)5-6-32(11-22)16-8-15(25)21(20(27)19(16)24)37(34,35)31-18-4-2-3-17(26)30-18/h2-4,8,13-14H,5-7,9-12H2,1H3,(H,30,31)/t13?,14?,22-/m0/s1. The summed E-state index contributed by atoms with van der Waals surface area (Å²) >= 11 is 6.19. The molecule has 3 heterocycles. The van der Waals surface area contributed by atoms with Gasteiger partial charge in [-0.3, -0.25) is 9.62 Å². The van der Waals surface area contributed by atoms with Gasteiger partial charge in [-0.25, -0.2) is 31.0 Å². The van der Waals surface area contributed by atoms with E-state index in [2.05, 4.69) is 4.98 Å². The number of ether oxygens (including phenoxy) is 1. The predicted octanol–water partition coefficient (Wildman–Crippen LogP) is 4.28. The number of halogens is 6. The first-order chi connectivity index (χ1) is 17.3. The van der Waals surface area contributed by atoms with Gasteiger partial charge in [0.2, 0.25) is 5.95 Å². The number of nitrogens with zero attached hydrogens (tertiary/aromatic N) is 3. The van der Waals surface area contributed by atoms with Crippen molar-refractivity contribution in [3.05, 3.63) is 46.9 Å². The lowest BCUT2D eigenvalue weighted by atomic mass is 9.99. The second-order valence-corrected chi connectivity index (χ2v) is 11.8. The molecule has 37 heavy (non-hydrogen) atoms. The maximum atomic E-state index is 15.2. The molecule has 2 aromatic rings. The van der Waals surface area contributed by atoms with Gasteiger partial charge in [-0.1, -0.05) is 17.7 Å². The summed E-state index contributed by atoms with van der Waals surface area (Å²) in [6.45, 7) is 1.09. The zero-order valence-corrected chi connectivity index (χ0v) is 21.2. The Balaban J connectivity index is 1.36. The van der Waals surface area contributed by atoms with Gasteiger partial charge in [-0.05, 0) is 25.0 Å². The van der Waals surface area contributed by atoms with Crippen molar-refractivity contribution in [2.24, 2.45) is 5.92 Å². The van der Waals surface area contributed by atoms with Crippen LogP contribution in [0.15, 0.2) is 29.2 Å². The van der Waals surface area contributed by atoms with Crippen LogP contribution in [0.3, 0.4) is 0 Å². The Morgan fingerprint density at radius 2 is 2.03 bits per heavy atom. The summed E-state index contributed by atoms with van der Waals surface area (Å²) in [5.74, 6) is -7.69. The zero-order valence-electron chi connectivity index (χ0n) is 19.7. The summed E-state index contributed by atoms with van der Waals surface area (Å²) < 4.78 is 104. The highest BCUT2D eigenvalue weighted by Crippen LogP contribution is 2.49. The maximum absolute atomic E-state index is 15.2. The number of likely N-dealkylation sites (tertiary alicyclic amines) is 1. The number of pyridine rings is 1. The van der Waals surface area contributed by atoms with Crippen LogP contribution in [-0.4, -0.2) is 69.2 Å². The van der Waals surface area contributed by atoms with Gasteiger partial charge in [0.05, 0.1) is 11.3 Å². The summed E-state index contributed by atoms with van der Waals surface area (Å²) in [7, 11) is -3.34. The van der Waals surface area contributed by atoms with E-state index in [1.165, 1.54) is 13.2 Å². The predicted molar refractivity (Wildman–Crippen MR) is 126 cm³/mol. The number of sulfonamides is 1. The van der Waals surface area contributed by atoms with Crippen LogP contribution in [0.25, 0.3) is 0 Å². The van der Waals surface area contributed by atoms with Crippen molar-refractivity contribution in [1.82, 2.24) is 9.88 Å². The number of aromatic nitrogens is 1. The quantitative estimate of drug-likeness (QED) is 0.306. The molecule has 3 atom stereocenters. The van der Waals surface area contributed by atoms with E-state index in [1.54, 1.807) is 4.90 Å². The minimum absolute atomic E-state index is 0.0621. The van der Waals surface area contributed by atoms with Crippen molar-refractivity contribution in [2.75, 3.05) is 42.9 Å². The van der Waals surface area contributed by atoms with E-state index in [4.69, 9.17) is 16.3 Å². The number of hydrogen-bond donors (Lipinski definition) is 1. The number of benzene rings is 1. The Labute approximate surface area is 215 Å². The molecule has 2 saturated heterocycles. The van der Waals surface area contributed by atoms with Gasteiger partial charge in [0.1, 0.15) is 16.7 Å². The minimum Gasteiger partial charge on any atom is -0.375 e. The summed E-state index contributed by atoms with van der Waals surface area (Å²) in [4.78, 5) is 5.58. The molecule has 0 radical (unpaired) electrons. The number of methoxy groups -OCH3 is 1. The summed E-state index contributed by atoms with van der Waals surface area (Å²) in [5.41, 5.74) is -0.848. The SMILES string of the molecule is CO[C@@]1(CN2CC3CC2CC3(F)F)CCN(c2cc(F)c(S(=O)(=O)Nc3cccc(F)n3)c(F)c2Cl)C1. The van der Waals surface area contributed by atoms with Gasteiger partial charge in [0.25, 0.3) is 15.9 Å². The highest BCUT2D eigenvalue weighted by atomic mass is 35.5. The van der Waals surface area contributed by atoms with Gasteiger partial charge in [-0.15, -0.1) is 0 Å². The molecule has 2 bridgehead atoms. The van der Waals surface area contributed by atoms with Crippen LogP contribution in [0.1, 0.15) is 19.3 Å². The molecule has 1 N–H and O–H groups in total. The third kappa shape index (κ3) is 4.75. The Hall–Kier alpha value is -2.22. The first-order valence-corrected chi connectivity index (χ1v) is 13.5. The molecule has 14 heteroatoms. The Morgan fingerprint density at radius 3 is 2.65 bits per heavy atom. The number of nitrogens with one attached hydrogen (secondary N) is 1. The van der Waals surface area contributed by atoms with Crippen LogP contribution in [0.4, 0.5) is 33.5 Å².